The summed E-state index contributed by atoms with van der Waals surface area (Å²) >= 11 is 1.39. The molecule has 0 saturated carbocycles. The SMILES string of the molecule is COc1ccc(S(=O)(=O)Oc2cccc(CN(C(=O)c3cccs3)C(C)C)c2)cc1. The zero-order valence-electron chi connectivity index (χ0n) is 16.9. The number of carbonyl (C=O) groups excluding carboxylic acids is 1. The molecule has 1 aromatic heterocycles. The van der Waals surface area contributed by atoms with E-state index in [1.54, 1.807) is 41.3 Å². The molecule has 0 fully saturated rings. The van der Waals surface area contributed by atoms with Gasteiger partial charge in [0.1, 0.15) is 16.4 Å². The Morgan fingerprint density at radius 2 is 1.77 bits per heavy atom. The molecule has 3 rings (SSSR count). The van der Waals surface area contributed by atoms with E-state index in [1.165, 1.54) is 30.6 Å². The van der Waals surface area contributed by atoms with E-state index in [1.807, 2.05) is 31.4 Å². The number of amides is 1. The van der Waals surface area contributed by atoms with Crippen LogP contribution in [0.15, 0.2) is 70.9 Å². The summed E-state index contributed by atoms with van der Waals surface area (Å²) in [4.78, 5) is 15.2. The van der Waals surface area contributed by atoms with Crippen molar-refractivity contribution >= 4 is 27.4 Å². The fourth-order valence-corrected chi connectivity index (χ4v) is 4.44. The van der Waals surface area contributed by atoms with Crippen molar-refractivity contribution in [1.29, 1.82) is 0 Å². The molecule has 0 aliphatic rings. The molecule has 0 aliphatic heterocycles. The summed E-state index contributed by atoms with van der Waals surface area (Å²) in [7, 11) is -2.48. The topological polar surface area (TPSA) is 72.9 Å². The van der Waals surface area contributed by atoms with Gasteiger partial charge in [-0.15, -0.1) is 11.3 Å². The highest BCUT2D eigenvalue weighted by Gasteiger charge is 2.21. The normalized spacial score (nSPS) is 11.3. The number of carbonyl (C=O) groups is 1. The fourth-order valence-electron chi connectivity index (χ4n) is 2.84. The summed E-state index contributed by atoms with van der Waals surface area (Å²) < 4.78 is 35.5. The van der Waals surface area contributed by atoms with Crippen LogP contribution >= 0.6 is 11.3 Å². The van der Waals surface area contributed by atoms with Crippen LogP contribution in [0.2, 0.25) is 0 Å². The van der Waals surface area contributed by atoms with Crippen LogP contribution in [0.1, 0.15) is 29.1 Å². The van der Waals surface area contributed by atoms with Crippen molar-refractivity contribution in [2.45, 2.75) is 31.3 Å². The zero-order valence-corrected chi connectivity index (χ0v) is 18.6. The minimum atomic E-state index is -3.99. The maximum atomic E-state index is 12.8. The van der Waals surface area contributed by atoms with Crippen molar-refractivity contribution in [3.05, 3.63) is 76.5 Å². The van der Waals surface area contributed by atoms with Gasteiger partial charge in [-0.2, -0.15) is 8.42 Å². The standard InChI is InChI=1S/C22H23NO5S2/c1-16(2)23(22(24)21-8-5-13-29-21)15-17-6-4-7-19(14-17)28-30(25,26)20-11-9-18(27-3)10-12-20/h4-14,16H,15H2,1-3H3. The van der Waals surface area contributed by atoms with Gasteiger partial charge in [-0.1, -0.05) is 18.2 Å². The molecule has 6 nitrogen and oxygen atoms in total. The third-order valence-corrected chi connectivity index (χ3v) is 6.54. The van der Waals surface area contributed by atoms with E-state index in [0.29, 0.717) is 17.2 Å². The third kappa shape index (κ3) is 5.20. The Bertz CT molecular complexity index is 1090. The average molecular weight is 446 g/mol. The van der Waals surface area contributed by atoms with Gasteiger partial charge in [0.15, 0.2) is 0 Å². The lowest BCUT2D eigenvalue weighted by Gasteiger charge is -2.26. The molecule has 0 unspecified atom stereocenters. The molecule has 3 aromatic rings. The van der Waals surface area contributed by atoms with Crippen molar-refractivity contribution in [3.63, 3.8) is 0 Å². The number of ether oxygens (including phenoxy) is 1. The number of benzene rings is 2. The highest BCUT2D eigenvalue weighted by atomic mass is 32.2. The van der Waals surface area contributed by atoms with E-state index < -0.39 is 10.1 Å². The first-order valence-electron chi connectivity index (χ1n) is 9.32. The monoisotopic (exact) mass is 445 g/mol. The Labute approximate surface area is 180 Å². The molecule has 0 aliphatic carbocycles. The lowest BCUT2D eigenvalue weighted by molar-refractivity contribution is 0.0695. The molecule has 0 radical (unpaired) electrons. The Hall–Kier alpha value is -2.84. The third-order valence-electron chi connectivity index (χ3n) is 4.42. The molecular weight excluding hydrogens is 422 g/mol. The Morgan fingerprint density at radius 3 is 2.37 bits per heavy atom. The van der Waals surface area contributed by atoms with Gasteiger partial charge in [-0.3, -0.25) is 4.79 Å². The summed E-state index contributed by atoms with van der Waals surface area (Å²) in [5, 5.41) is 1.87. The molecule has 30 heavy (non-hydrogen) atoms. The molecule has 0 atom stereocenters. The van der Waals surface area contributed by atoms with Crippen LogP contribution < -0.4 is 8.92 Å². The molecular formula is C22H23NO5S2. The van der Waals surface area contributed by atoms with Gasteiger partial charge in [0.2, 0.25) is 0 Å². The van der Waals surface area contributed by atoms with Gasteiger partial charge >= 0.3 is 10.1 Å². The fraction of sp³-hybridized carbons (Fsp3) is 0.227. The smallest absolute Gasteiger partial charge is 0.339 e. The minimum absolute atomic E-state index is 0.0211. The molecule has 158 valence electrons. The van der Waals surface area contributed by atoms with E-state index in [-0.39, 0.29) is 22.6 Å². The molecule has 2 aromatic carbocycles. The predicted molar refractivity (Wildman–Crippen MR) is 117 cm³/mol. The lowest BCUT2D eigenvalue weighted by atomic mass is 10.1. The van der Waals surface area contributed by atoms with Crippen LogP contribution in [0, 0.1) is 0 Å². The molecule has 0 spiro atoms. The van der Waals surface area contributed by atoms with Gasteiger partial charge in [0, 0.05) is 12.6 Å². The highest BCUT2D eigenvalue weighted by Crippen LogP contribution is 2.23. The number of rotatable bonds is 8. The summed E-state index contributed by atoms with van der Waals surface area (Å²) in [5.41, 5.74) is 0.774. The first-order valence-corrected chi connectivity index (χ1v) is 11.6. The molecule has 0 N–H and O–H groups in total. The predicted octanol–water partition coefficient (Wildman–Crippen LogP) is 4.58. The number of nitrogens with zero attached hydrogens (tertiary/aromatic N) is 1. The van der Waals surface area contributed by atoms with Crippen molar-refractivity contribution in [1.82, 2.24) is 4.90 Å². The average Bonchev–Trinajstić information content (AvgIpc) is 3.26. The van der Waals surface area contributed by atoms with E-state index in [4.69, 9.17) is 8.92 Å². The van der Waals surface area contributed by atoms with Crippen LogP contribution in [0.25, 0.3) is 0 Å². The van der Waals surface area contributed by atoms with Gasteiger partial charge in [0.25, 0.3) is 5.91 Å². The van der Waals surface area contributed by atoms with Crippen LogP contribution in [-0.2, 0) is 16.7 Å². The number of hydrogen-bond donors (Lipinski definition) is 0. The molecule has 8 heteroatoms. The second-order valence-electron chi connectivity index (χ2n) is 6.86. The first kappa shape index (κ1) is 21.9. The maximum absolute atomic E-state index is 12.8. The largest absolute Gasteiger partial charge is 0.497 e. The Kier molecular flexibility index (Phi) is 6.79. The first-order chi connectivity index (χ1) is 14.3. The van der Waals surface area contributed by atoms with Crippen molar-refractivity contribution in [3.8, 4) is 11.5 Å². The summed E-state index contributed by atoms with van der Waals surface area (Å²) in [6.45, 7) is 4.23. The molecule has 1 amide bonds. The number of thiophene rings is 1. The van der Waals surface area contributed by atoms with Gasteiger partial charge < -0.3 is 13.8 Å². The van der Waals surface area contributed by atoms with Crippen LogP contribution in [0.4, 0.5) is 0 Å². The number of methoxy groups -OCH3 is 1. The van der Waals surface area contributed by atoms with Crippen molar-refractivity contribution in [2.75, 3.05) is 7.11 Å². The summed E-state index contributed by atoms with van der Waals surface area (Å²) in [6.07, 6.45) is 0. The van der Waals surface area contributed by atoms with Crippen LogP contribution in [0.5, 0.6) is 11.5 Å². The zero-order chi connectivity index (χ0) is 21.7. The maximum Gasteiger partial charge on any atom is 0.339 e. The Balaban J connectivity index is 1.78. The molecule has 1 heterocycles. The highest BCUT2D eigenvalue weighted by molar-refractivity contribution is 7.87. The van der Waals surface area contributed by atoms with Crippen molar-refractivity contribution in [2.24, 2.45) is 0 Å². The lowest BCUT2D eigenvalue weighted by Crippen LogP contribution is -2.35. The minimum Gasteiger partial charge on any atom is -0.497 e. The van der Waals surface area contributed by atoms with Crippen LogP contribution in [-0.4, -0.2) is 32.4 Å². The van der Waals surface area contributed by atoms with Crippen LogP contribution in [0.3, 0.4) is 0 Å². The van der Waals surface area contributed by atoms with Gasteiger partial charge in [-0.25, -0.2) is 0 Å². The van der Waals surface area contributed by atoms with E-state index >= 15 is 0 Å². The second kappa shape index (κ2) is 9.32. The van der Waals surface area contributed by atoms with E-state index in [2.05, 4.69) is 0 Å². The molecule has 0 bridgehead atoms. The second-order valence-corrected chi connectivity index (χ2v) is 9.36. The van der Waals surface area contributed by atoms with E-state index in [9.17, 15) is 13.2 Å². The summed E-state index contributed by atoms with van der Waals surface area (Å²) in [6, 6.07) is 16.4. The van der Waals surface area contributed by atoms with Gasteiger partial charge in [0.05, 0.1) is 12.0 Å². The summed E-state index contributed by atoms with van der Waals surface area (Å²) in [5.74, 6) is 0.688. The van der Waals surface area contributed by atoms with E-state index in [0.717, 1.165) is 5.56 Å². The van der Waals surface area contributed by atoms with Gasteiger partial charge in [-0.05, 0) is 67.3 Å². The molecule has 0 saturated heterocycles. The number of hydrogen-bond acceptors (Lipinski definition) is 6. The Morgan fingerprint density at radius 1 is 1.03 bits per heavy atom. The van der Waals surface area contributed by atoms with Crippen molar-refractivity contribution < 1.29 is 22.1 Å². The quantitative estimate of drug-likeness (QED) is 0.475.